The minimum Gasteiger partial charge on any atom is -0.298 e. The summed E-state index contributed by atoms with van der Waals surface area (Å²) in [5, 5.41) is 0. The molecule has 1 aromatic rings. The second kappa shape index (κ2) is 6.10. The Hall–Kier alpha value is -1.22. The number of likely N-dealkylation sites (N-methyl/N-ethyl adjacent to an activating group) is 1. The van der Waals surface area contributed by atoms with Gasteiger partial charge in [0.2, 0.25) is 0 Å². The second-order valence-electron chi connectivity index (χ2n) is 5.36. The van der Waals surface area contributed by atoms with Gasteiger partial charge in [-0.15, -0.1) is 0 Å². The third kappa shape index (κ3) is 4.22. The monoisotopic (exact) mass is 251 g/mol. The van der Waals surface area contributed by atoms with Gasteiger partial charge in [0.25, 0.3) is 0 Å². The van der Waals surface area contributed by atoms with Gasteiger partial charge in [-0.1, -0.05) is 19.1 Å². The van der Waals surface area contributed by atoms with Crippen LogP contribution in [0, 0.1) is 5.82 Å². The van der Waals surface area contributed by atoms with Crippen LogP contribution < -0.4 is 0 Å². The maximum atomic E-state index is 12.7. The average Bonchev–Trinajstić information content (AvgIpc) is 2.32. The van der Waals surface area contributed by atoms with Crippen LogP contribution in [0.5, 0.6) is 0 Å². The van der Waals surface area contributed by atoms with Gasteiger partial charge in [0.1, 0.15) is 5.82 Å². The third-order valence-electron chi connectivity index (χ3n) is 3.63. The van der Waals surface area contributed by atoms with Crippen LogP contribution in [0.3, 0.4) is 0 Å². The van der Waals surface area contributed by atoms with Crippen molar-refractivity contribution in [1.29, 1.82) is 0 Å². The Morgan fingerprint density at radius 3 is 2.33 bits per heavy atom. The van der Waals surface area contributed by atoms with Gasteiger partial charge in [0.15, 0.2) is 5.78 Å². The summed E-state index contributed by atoms with van der Waals surface area (Å²) in [6.45, 7) is 6.79. The van der Waals surface area contributed by atoms with Gasteiger partial charge in [-0.25, -0.2) is 4.39 Å². The molecule has 1 aromatic carbocycles. The zero-order valence-corrected chi connectivity index (χ0v) is 11.7. The molecule has 0 spiro atoms. The Kier molecular flexibility index (Phi) is 5.03. The number of halogens is 1. The summed E-state index contributed by atoms with van der Waals surface area (Å²) in [5.74, 6) is -0.110. The SMILES string of the molecule is CCC(C)(C)N(C)CC(=O)Cc1ccc(F)cc1. The fraction of sp³-hybridized carbons (Fsp3) is 0.533. The highest BCUT2D eigenvalue weighted by atomic mass is 19.1. The number of carbonyl (C=O) groups excluding carboxylic acids is 1. The summed E-state index contributed by atoms with van der Waals surface area (Å²) in [6, 6.07) is 6.11. The van der Waals surface area contributed by atoms with E-state index < -0.39 is 0 Å². The molecule has 0 aliphatic rings. The van der Waals surface area contributed by atoms with Crippen molar-refractivity contribution in [3.05, 3.63) is 35.6 Å². The minimum atomic E-state index is -0.268. The zero-order chi connectivity index (χ0) is 13.8. The van der Waals surface area contributed by atoms with Gasteiger partial charge in [-0.05, 0) is 45.0 Å². The number of Topliss-reactive ketones (excluding diaryl/α,β-unsaturated/α-hetero) is 1. The molecule has 0 saturated carbocycles. The first-order valence-electron chi connectivity index (χ1n) is 6.32. The normalized spacial score (nSPS) is 11.9. The van der Waals surface area contributed by atoms with Crippen molar-refractivity contribution in [3.63, 3.8) is 0 Å². The van der Waals surface area contributed by atoms with E-state index in [2.05, 4.69) is 25.7 Å². The summed E-state index contributed by atoms with van der Waals surface area (Å²) >= 11 is 0. The van der Waals surface area contributed by atoms with E-state index in [1.165, 1.54) is 12.1 Å². The van der Waals surface area contributed by atoms with E-state index in [0.29, 0.717) is 13.0 Å². The summed E-state index contributed by atoms with van der Waals surface area (Å²) in [4.78, 5) is 14.0. The van der Waals surface area contributed by atoms with Crippen LogP contribution >= 0.6 is 0 Å². The average molecular weight is 251 g/mol. The van der Waals surface area contributed by atoms with Gasteiger partial charge in [0, 0.05) is 12.0 Å². The number of hydrogen-bond acceptors (Lipinski definition) is 2. The molecule has 0 bridgehead atoms. The van der Waals surface area contributed by atoms with Crippen LogP contribution in [0.2, 0.25) is 0 Å². The molecule has 0 heterocycles. The van der Waals surface area contributed by atoms with E-state index >= 15 is 0 Å². The maximum absolute atomic E-state index is 12.7. The predicted molar refractivity (Wildman–Crippen MR) is 72.1 cm³/mol. The largest absolute Gasteiger partial charge is 0.298 e. The second-order valence-corrected chi connectivity index (χ2v) is 5.36. The van der Waals surface area contributed by atoms with Gasteiger partial charge in [-0.2, -0.15) is 0 Å². The lowest BCUT2D eigenvalue weighted by atomic mass is 9.99. The van der Waals surface area contributed by atoms with Gasteiger partial charge < -0.3 is 0 Å². The Bertz CT molecular complexity index is 397. The highest BCUT2D eigenvalue weighted by Crippen LogP contribution is 2.16. The standard InChI is InChI=1S/C15H22FNO/c1-5-15(2,3)17(4)11-14(18)10-12-6-8-13(16)9-7-12/h6-9H,5,10-11H2,1-4H3. The highest BCUT2D eigenvalue weighted by molar-refractivity contribution is 5.82. The number of carbonyl (C=O) groups is 1. The van der Waals surface area contributed by atoms with Crippen molar-refractivity contribution >= 4 is 5.78 Å². The van der Waals surface area contributed by atoms with Crippen LogP contribution in [0.15, 0.2) is 24.3 Å². The molecule has 0 N–H and O–H groups in total. The van der Waals surface area contributed by atoms with Crippen LogP contribution in [-0.2, 0) is 11.2 Å². The van der Waals surface area contributed by atoms with Crippen molar-refractivity contribution in [2.24, 2.45) is 0 Å². The maximum Gasteiger partial charge on any atom is 0.151 e. The molecular formula is C15H22FNO. The molecule has 1 rings (SSSR count). The smallest absolute Gasteiger partial charge is 0.151 e. The first kappa shape index (κ1) is 14.8. The lowest BCUT2D eigenvalue weighted by Gasteiger charge is -2.34. The van der Waals surface area contributed by atoms with Gasteiger partial charge in [0.05, 0.1) is 6.54 Å². The predicted octanol–water partition coefficient (Wildman–Crippen LogP) is 3.06. The van der Waals surface area contributed by atoms with Crippen molar-refractivity contribution < 1.29 is 9.18 Å². The van der Waals surface area contributed by atoms with Gasteiger partial charge >= 0.3 is 0 Å². The Morgan fingerprint density at radius 1 is 1.28 bits per heavy atom. The van der Waals surface area contributed by atoms with E-state index in [4.69, 9.17) is 0 Å². The Balaban J connectivity index is 2.54. The van der Waals surface area contributed by atoms with Crippen LogP contribution in [0.4, 0.5) is 4.39 Å². The van der Waals surface area contributed by atoms with E-state index in [9.17, 15) is 9.18 Å². The lowest BCUT2D eigenvalue weighted by Crippen LogP contribution is -2.43. The first-order valence-corrected chi connectivity index (χ1v) is 6.32. The molecule has 0 aliphatic heterocycles. The van der Waals surface area contributed by atoms with E-state index in [0.717, 1.165) is 12.0 Å². The van der Waals surface area contributed by atoms with E-state index in [-0.39, 0.29) is 17.1 Å². The number of benzene rings is 1. The molecule has 2 nitrogen and oxygen atoms in total. The fourth-order valence-electron chi connectivity index (χ4n) is 1.63. The number of hydrogen-bond donors (Lipinski definition) is 0. The molecule has 3 heteroatoms. The van der Waals surface area contributed by atoms with Crippen molar-refractivity contribution in [1.82, 2.24) is 4.90 Å². The molecule has 0 saturated heterocycles. The third-order valence-corrected chi connectivity index (χ3v) is 3.63. The van der Waals surface area contributed by atoms with Crippen molar-refractivity contribution in [2.45, 2.75) is 39.2 Å². The summed E-state index contributed by atoms with van der Waals surface area (Å²) in [6.07, 6.45) is 1.36. The Morgan fingerprint density at radius 2 is 1.83 bits per heavy atom. The fourth-order valence-corrected chi connectivity index (χ4v) is 1.63. The van der Waals surface area contributed by atoms with Crippen molar-refractivity contribution in [2.75, 3.05) is 13.6 Å². The van der Waals surface area contributed by atoms with Crippen LogP contribution in [0.25, 0.3) is 0 Å². The molecule has 18 heavy (non-hydrogen) atoms. The molecule has 0 amide bonds. The molecule has 0 aromatic heterocycles. The molecule has 0 unspecified atom stereocenters. The molecule has 0 aliphatic carbocycles. The first-order chi connectivity index (χ1) is 8.35. The molecule has 0 radical (unpaired) electrons. The number of ketones is 1. The van der Waals surface area contributed by atoms with E-state index in [1.54, 1.807) is 12.1 Å². The van der Waals surface area contributed by atoms with Gasteiger partial charge in [-0.3, -0.25) is 9.69 Å². The summed E-state index contributed by atoms with van der Waals surface area (Å²) in [5.41, 5.74) is 0.891. The number of nitrogens with zero attached hydrogens (tertiary/aromatic N) is 1. The molecule has 0 fully saturated rings. The summed E-state index contributed by atoms with van der Waals surface area (Å²) in [7, 11) is 1.96. The topological polar surface area (TPSA) is 20.3 Å². The van der Waals surface area contributed by atoms with Crippen LogP contribution in [-0.4, -0.2) is 29.8 Å². The zero-order valence-electron chi connectivity index (χ0n) is 11.7. The Labute approximate surface area is 109 Å². The van der Waals surface area contributed by atoms with E-state index in [1.807, 2.05) is 7.05 Å². The highest BCUT2D eigenvalue weighted by Gasteiger charge is 2.22. The van der Waals surface area contributed by atoms with Crippen molar-refractivity contribution in [3.8, 4) is 0 Å². The molecule has 0 atom stereocenters. The molecule has 100 valence electrons. The number of rotatable bonds is 6. The van der Waals surface area contributed by atoms with Crippen LogP contribution in [0.1, 0.15) is 32.8 Å². The lowest BCUT2D eigenvalue weighted by molar-refractivity contribution is -0.120. The minimum absolute atomic E-state index is 0.0262. The summed E-state index contributed by atoms with van der Waals surface area (Å²) < 4.78 is 12.7. The molecular weight excluding hydrogens is 229 g/mol. The quantitative estimate of drug-likeness (QED) is 0.774.